The first-order valence-electron chi connectivity index (χ1n) is 10.6. The van der Waals surface area contributed by atoms with Crippen LogP contribution in [0.15, 0.2) is 30.3 Å². The summed E-state index contributed by atoms with van der Waals surface area (Å²) in [6, 6.07) is 11.8. The molecule has 0 bridgehead atoms. The first kappa shape index (κ1) is 19.0. The highest BCUT2D eigenvalue weighted by atomic mass is 16.3. The molecule has 2 aromatic rings. The monoisotopic (exact) mass is 370 g/mol. The molecule has 0 spiro atoms. The van der Waals surface area contributed by atoms with Crippen molar-refractivity contribution in [3.63, 3.8) is 0 Å². The fraction of sp³-hybridized carbons (Fsp3) is 0.652. The van der Waals surface area contributed by atoms with E-state index in [4.69, 9.17) is 0 Å². The number of rotatable bonds is 4. The standard InChI is InChI=1S/C23H34N2O2/c1-23(2,27)18-7-9-19(10-8-18)24-13-11-20(12-14-24)25-21(16-26)15-17-5-3-4-6-22(17)25/h3-6,15,18-20,26-27H,7-14,16H2,1-2H3. The normalized spacial score (nSPS) is 25.9. The molecule has 2 aliphatic rings. The number of hydrogen-bond acceptors (Lipinski definition) is 3. The quantitative estimate of drug-likeness (QED) is 0.852. The lowest BCUT2D eigenvalue weighted by atomic mass is 9.76. The van der Waals surface area contributed by atoms with E-state index in [0.29, 0.717) is 18.0 Å². The van der Waals surface area contributed by atoms with Crippen LogP contribution in [0.2, 0.25) is 0 Å². The number of nitrogens with zero attached hydrogens (tertiary/aromatic N) is 2. The molecule has 4 heteroatoms. The van der Waals surface area contributed by atoms with Gasteiger partial charge in [0, 0.05) is 36.4 Å². The van der Waals surface area contributed by atoms with Gasteiger partial charge < -0.3 is 19.7 Å². The van der Waals surface area contributed by atoms with Crippen LogP contribution in [0.1, 0.15) is 64.1 Å². The second-order valence-electron chi connectivity index (χ2n) is 9.15. The maximum Gasteiger partial charge on any atom is 0.0833 e. The lowest BCUT2D eigenvalue weighted by molar-refractivity contribution is -0.0150. The van der Waals surface area contributed by atoms with Crippen molar-refractivity contribution in [2.45, 2.75) is 76.7 Å². The largest absolute Gasteiger partial charge is 0.390 e. The van der Waals surface area contributed by atoms with E-state index in [-0.39, 0.29) is 6.61 Å². The molecule has 2 fully saturated rings. The number of benzene rings is 1. The molecule has 0 radical (unpaired) electrons. The topological polar surface area (TPSA) is 48.6 Å². The predicted octanol–water partition coefficient (Wildman–Crippen LogP) is 4.10. The summed E-state index contributed by atoms with van der Waals surface area (Å²) in [5.74, 6) is 0.449. The van der Waals surface area contributed by atoms with Crippen molar-refractivity contribution in [3.05, 3.63) is 36.0 Å². The summed E-state index contributed by atoms with van der Waals surface area (Å²) in [5, 5.41) is 21.4. The molecule has 1 aromatic carbocycles. The van der Waals surface area contributed by atoms with Crippen molar-refractivity contribution in [3.8, 4) is 0 Å². The first-order chi connectivity index (χ1) is 13.0. The lowest BCUT2D eigenvalue weighted by Gasteiger charge is -2.43. The van der Waals surface area contributed by atoms with Gasteiger partial charge in [-0.25, -0.2) is 0 Å². The number of aromatic nitrogens is 1. The van der Waals surface area contributed by atoms with E-state index in [2.05, 4.69) is 39.8 Å². The molecule has 4 rings (SSSR count). The Morgan fingerprint density at radius 1 is 0.963 bits per heavy atom. The molecule has 4 nitrogen and oxygen atoms in total. The Hall–Kier alpha value is -1.36. The maximum atomic E-state index is 10.3. The van der Waals surface area contributed by atoms with Crippen LogP contribution < -0.4 is 0 Å². The van der Waals surface area contributed by atoms with Gasteiger partial charge in [0.2, 0.25) is 0 Å². The van der Waals surface area contributed by atoms with E-state index >= 15 is 0 Å². The highest BCUT2D eigenvalue weighted by Gasteiger charge is 2.34. The van der Waals surface area contributed by atoms with Gasteiger partial charge in [-0.15, -0.1) is 0 Å². The fourth-order valence-electron chi connectivity index (χ4n) is 5.44. The third kappa shape index (κ3) is 3.80. The Balaban J connectivity index is 1.40. The first-order valence-corrected chi connectivity index (χ1v) is 10.6. The van der Waals surface area contributed by atoms with Crippen LogP contribution in [-0.2, 0) is 6.61 Å². The van der Waals surface area contributed by atoms with Crippen LogP contribution in [0.25, 0.3) is 10.9 Å². The van der Waals surface area contributed by atoms with Crippen molar-refractivity contribution in [2.75, 3.05) is 13.1 Å². The second-order valence-corrected chi connectivity index (χ2v) is 9.15. The zero-order valence-electron chi connectivity index (χ0n) is 16.8. The van der Waals surface area contributed by atoms with E-state index < -0.39 is 5.60 Å². The minimum absolute atomic E-state index is 0.107. The summed E-state index contributed by atoms with van der Waals surface area (Å²) in [6.45, 7) is 6.31. The van der Waals surface area contributed by atoms with E-state index in [1.54, 1.807) is 0 Å². The summed E-state index contributed by atoms with van der Waals surface area (Å²) in [6.07, 6.45) is 7.02. The SMILES string of the molecule is CC(C)(O)C1CCC(N2CCC(n3c(CO)cc4ccccc43)CC2)CC1. The molecule has 2 heterocycles. The van der Waals surface area contributed by atoms with Gasteiger partial charge in [-0.1, -0.05) is 18.2 Å². The van der Waals surface area contributed by atoms with Gasteiger partial charge in [-0.05, 0) is 75.8 Å². The van der Waals surface area contributed by atoms with Gasteiger partial charge in [0.05, 0.1) is 12.2 Å². The lowest BCUT2D eigenvalue weighted by Crippen LogP contribution is -2.45. The van der Waals surface area contributed by atoms with E-state index in [1.165, 1.54) is 23.7 Å². The molecule has 27 heavy (non-hydrogen) atoms. The Morgan fingerprint density at radius 3 is 2.26 bits per heavy atom. The molecule has 2 N–H and O–H groups in total. The molecule has 0 amide bonds. The number of likely N-dealkylation sites (tertiary alicyclic amines) is 1. The van der Waals surface area contributed by atoms with Gasteiger partial charge in [-0.2, -0.15) is 0 Å². The number of aliphatic hydroxyl groups is 2. The summed E-state index contributed by atoms with van der Waals surface area (Å²) >= 11 is 0. The number of para-hydroxylation sites is 1. The van der Waals surface area contributed by atoms with E-state index in [9.17, 15) is 10.2 Å². The molecule has 1 aliphatic carbocycles. The van der Waals surface area contributed by atoms with Crippen LogP contribution >= 0.6 is 0 Å². The minimum atomic E-state index is -0.534. The minimum Gasteiger partial charge on any atom is -0.390 e. The van der Waals surface area contributed by atoms with Gasteiger partial charge in [-0.3, -0.25) is 0 Å². The molecule has 0 unspecified atom stereocenters. The maximum absolute atomic E-state index is 10.3. The Labute approximate surface area is 162 Å². The molecular weight excluding hydrogens is 336 g/mol. The Kier molecular flexibility index (Phi) is 5.32. The van der Waals surface area contributed by atoms with E-state index in [0.717, 1.165) is 44.5 Å². The average molecular weight is 371 g/mol. The molecular formula is C23H34N2O2. The van der Waals surface area contributed by atoms with Crippen molar-refractivity contribution in [1.29, 1.82) is 0 Å². The third-order valence-corrected chi connectivity index (χ3v) is 7.07. The smallest absolute Gasteiger partial charge is 0.0833 e. The summed E-state index contributed by atoms with van der Waals surface area (Å²) in [5.41, 5.74) is 1.76. The molecule has 1 aliphatic heterocycles. The highest BCUT2D eigenvalue weighted by Crippen LogP contribution is 2.37. The summed E-state index contributed by atoms with van der Waals surface area (Å²) < 4.78 is 2.39. The number of aliphatic hydroxyl groups excluding tert-OH is 1. The molecule has 0 atom stereocenters. The van der Waals surface area contributed by atoms with Crippen LogP contribution in [0.3, 0.4) is 0 Å². The van der Waals surface area contributed by atoms with Gasteiger partial charge >= 0.3 is 0 Å². The fourth-order valence-corrected chi connectivity index (χ4v) is 5.44. The van der Waals surface area contributed by atoms with Crippen LogP contribution in [-0.4, -0.2) is 44.4 Å². The van der Waals surface area contributed by atoms with Crippen LogP contribution in [0, 0.1) is 5.92 Å². The zero-order chi connectivity index (χ0) is 19.0. The van der Waals surface area contributed by atoms with Crippen molar-refractivity contribution in [2.24, 2.45) is 5.92 Å². The Morgan fingerprint density at radius 2 is 1.63 bits per heavy atom. The second kappa shape index (κ2) is 7.57. The van der Waals surface area contributed by atoms with Crippen molar-refractivity contribution < 1.29 is 10.2 Å². The molecule has 1 saturated heterocycles. The van der Waals surface area contributed by atoms with Crippen LogP contribution in [0.4, 0.5) is 0 Å². The third-order valence-electron chi connectivity index (χ3n) is 7.07. The zero-order valence-corrected chi connectivity index (χ0v) is 16.8. The number of hydrogen-bond donors (Lipinski definition) is 2. The summed E-state index contributed by atoms with van der Waals surface area (Å²) in [4.78, 5) is 2.68. The van der Waals surface area contributed by atoms with E-state index in [1.807, 2.05) is 13.8 Å². The molecule has 1 aromatic heterocycles. The van der Waals surface area contributed by atoms with Crippen molar-refractivity contribution in [1.82, 2.24) is 9.47 Å². The van der Waals surface area contributed by atoms with Gasteiger partial charge in [0.15, 0.2) is 0 Å². The predicted molar refractivity (Wildman–Crippen MR) is 110 cm³/mol. The molecule has 1 saturated carbocycles. The van der Waals surface area contributed by atoms with Gasteiger partial charge in [0.25, 0.3) is 0 Å². The highest BCUT2D eigenvalue weighted by molar-refractivity contribution is 5.81. The summed E-state index contributed by atoms with van der Waals surface area (Å²) in [7, 11) is 0. The Bertz CT molecular complexity index is 760. The van der Waals surface area contributed by atoms with Crippen molar-refractivity contribution >= 4 is 10.9 Å². The van der Waals surface area contributed by atoms with Gasteiger partial charge in [0.1, 0.15) is 0 Å². The van der Waals surface area contributed by atoms with Crippen LogP contribution in [0.5, 0.6) is 0 Å². The molecule has 148 valence electrons. The average Bonchev–Trinajstić information content (AvgIpc) is 3.06. The number of fused-ring (bicyclic) bond motifs is 1. The number of piperidine rings is 1.